The van der Waals surface area contributed by atoms with Crippen molar-refractivity contribution in [1.29, 1.82) is 0 Å². The van der Waals surface area contributed by atoms with E-state index in [0.717, 1.165) is 0 Å². The average Bonchev–Trinajstić information content (AvgIpc) is 2.48. The van der Waals surface area contributed by atoms with Gasteiger partial charge in [0.15, 0.2) is 11.6 Å². The first-order chi connectivity index (χ1) is 11.2. The van der Waals surface area contributed by atoms with Crippen LogP contribution in [-0.2, 0) is 11.2 Å². The highest BCUT2D eigenvalue weighted by molar-refractivity contribution is 5.93. The largest absolute Gasteiger partial charge is 0.365 e. The molecule has 0 saturated carbocycles. The quantitative estimate of drug-likeness (QED) is 0.887. The number of carbonyl (C=O) groups excluding carboxylic acids is 1. The smallest absolute Gasteiger partial charge is 0.229 e. The van der Waals surface area contributed by atoms with Crippen LogP contribution in [0.15, 0.2) is 30.5 Å². The lowest BCUT2D eigenvalue weighted by Gasteiger charge is -2.23. The highest BCUT2D eigenvalue weighted by Gasteiger charge is 2.17. The molecule has 0 saturated heterocycles. The summed E-state index contributed by atoms with van der Waals surface area (Å²) in [6, 6.07) is 6.27. The summed E-state index contributed by atoms with van der Waals surface area (Å²) in [5, 5.41) is 5.63. The molecule has 0 fully saturated rings. The number of anilines is 2. The van der Waals surface area contributed by atoms with Crippen molar-refractivity contribution in [2.24, 2.45) is 0 Å². The molecule has 0 aliphatic rings. The van der Waals surface area contributed by atoms with Gasteiger partial charge in [0, 0.05) is 17.3 Å². The fourth-order valence-electron chi connectivity index (χ4n) is 2.16. The summed E-state index contributed by atoms with van der Waals surface area (Å²) in [5.74, 6) is -1.86. The Morgan fingerprint density at radius 1 is 1.17 bits per heavy atom. The molecule has 1 heterocycles. The zero-order chi connectivity index (χ0) is 17.9. The van der Waals surface area contributed by atoms with Gasteiger partial charge in [-0.1, -0.05) is 12.1 Å². The summed E-state index contributed by atoms with van der Waals surface area (Å²) < 4.78 is 27.4. The van der Waals surface area contributed by atoms with Crippen LogP contribution in [0.1, 0.15) is 31.9 Å². The fourth-order valence-corrected chi connectivity index (χ4v) is 2.16. The maximum absolute atomic E-state index is 13.8. The third-order valence-corrected chi connectivity index (χ3v) is 3.29. The predicted molar refractivity (Wildman–Crippen MR) is 91.0 cm³/mol. The molecule has 0 unspecified atom stereocenters. The molecule has 1 aromatic carbocycles. The summed E-state index contributed by atoms with van der Waals surface area (Å²) in [6.45, 7) is 7.41. The molecule has 6 heteroatoms. The molecule has 0 aliphatic carbocycles. The summed E-state index contributed by atoms with van der Waals surface area (Å²) in [4.78, 5) is 16.4. The molecule has 2 N–H and O–H groups in total. The van der Waals surface area contributed by atoms with Gasteiger partial charge in [0.25, 0.3) is 0 Å². The number of halogens is 2. The Balaban J connectivity index is 2.15. The van der Waals surface area contributed by atoms with Gasteiger partial charge in [0.2, 0.25) is 5.91 Å². The zero-order valence-corrected chi connectivity index (χ0v) is 14.2. The number of nitrogens with zero attached hydrogens (tertiary/aromatic N) is 1. The third kappa shape index (κ3) is 4.50. The Hall–Kier alpha value is -2.50. The first-order valence-corrected chi connectivity index (χ1v) is 7.64. The number of amides is 1. The Bertz CT molecular complexity index is 754. The average molecular weight is 333 g/mol. The van der Waals surface area contributed by atoms with E-state index in [9.17, 15) is 13.6 Å². The van der Waals surface area contributed by atoms with E-state index in [2.05, 4.69) is 15.6 Å². The third-order valence-electron chi connectivity index (χ3n) is 3.29. The van der Waals surface area contributed by atoms with Crippen LogP contribution in [0.2, 0.25) is 0 Å². The van der Waals surface area contributed by atoms with Crippen molar-refractivity contribution in [1.82, 2.24) is 4.98 Å². The lowest BCUT2D eigenvalue weighted by Crippen LogP contribution is -2.28. The molecule has 0 atom stereocenters. The van der Waals surface area contributed by atoms with Crippen molar-refractivity contribution < 1.29 is 13.6 Å². The van der Waals surface area contributed by atoms with Crippen LogP contribution in [0.5, 0.6) is 0 Å². The van der Waals surface area contributed by atoms with Crippen molar-refractivity contribution in [3.63, 3.8) is 0 Å². The number of aryl methyl sites for hydroxylation is 1. The Morgan fingerprint density at radius 2 is 1.88 bits per heavy atom. The molecule has 0 aliphatic heterocycles. The van der Waals surface area contributed by atoms with Crippen molar-refractivity contribution in [2.75, 3.05) is 10.6 Å². The van der Waals surface area contributed by atoms with E-state index in [1.165, 1.54) is 19.1 Å². The lowest BCUT2D eigenvalue weighted by molar-refractivity contribution is -0.115. The van der Waals surface area contributed by atoms with E-state index < -0.39 is 17.5 Å². The molecule has 128 valence electrons. The zero-order valence-electron chi connectivity index (χ0n) is 14.2. The minimum atomic E-state index is -1.05. The van der Waals surface area contributed by atoms with Gasteiger partial charge in [-0.2, -0.15) is 0 Å². The number of hydrogen-bond donors (Lipinski definition) is 2. The fraction of sp³-hybridized carbons (Fsp3) is 0.333. The van der Waals surface area contributed by atoms with E-state index in [0.29, 0.717) is 11.4 Å². The van der Waals surface area contributed by atoms with Gasteiger partial charge >= 0.3 is 0 Å². The standard InChI is InChI=1S/C18H21F2N3O/c1-11-7-8-13(16(20)15(11)19)22-14(24)10-12-6-5-9-21-17(12)23-18(2,3)4/h5-9H,10H2,1-4H3,(H,21,23)(H,22,24). The molecule has 2 rings (SSSR count). The Labute approximate surface area is 140 Å². The number of pyridine rings is 1. The SMILES string of the molecule is Cc1ccc(NC(=O)Cc2cccnc2NC(C)(C)C)c(F)c1F. The van der Waals surface area contributed by atoms with E-state index in [1.807, 2.05) is 20.8 Å². The molecule has 0 bridgehead atoms. The van der Waals surface area contributed by atoms with Crippen LogP contribution >= 0.6 is 0 Å². The first kappa shape index (κ1) is 17.8. The molecule has 1 amide bonds. The van der Waals surface area contributed by atoms with Crippen LogP contribution < -0.4 is 10.6 Å². The van der Waals surface area contributed by atoms with Crippen molar-refractivity contribution >= 4 is 17.4 Å². The topological polar surface area (TPSA) is 54.0 Å². The van der Waals surface area contributed by atoms with Crippen LogP contribution in [0, 0.1) is 18.6 Å². The first-order valence-electron chi connectivity index (χ1n) is 7.64. The highest BCUT2D eigenvalue weighted by atomic mass is 19.2. The normalized spacial score (nSPS) is 11.2. The second-order valence-corrected chi connectivity index (χ2v) is 6.67. The molecule has 2 aromatic rings. The van der Waals surface area contributed by atoms with Gasteiger partial charge in [0.05, 0.1) is 12.1 Å². The van der Waals surface area contributed by atoms with E-state index in [-0.39, 0.29) is 23.2 Å². The van der Waals surface area contributed by atoms with Gasteiger partial charge in [-0.25, -0.2) is 13.8 Å². The van der Waals surface area contributed by atoms with Crippen molar-refractivity contribution in [3.8, 4) is 0 Å². The second-order valence-electron chi connectivity index (χ2n) is 6.67. The Morgan fingerprint density at radius 3 is 2.54 bits per heavy atom. The van der Waals surface area contributed by atoms with Gasteiger partial charge in [-0.3, -0.25) is 4.79 Å². The van der Waals surface area contributed by atoms with Crippen molar-refractivity contribution in [2.45, 2.75) is 39.7 Å². The van der Waals surface area contributed by atoms with Gasteiger partial charge in [0.1, 0.15) is 5.82 Å². The monoisotopic (exact) mass is 333 g/mol. The predicted octanol–water partition coefficient (Wildman–Crippen LogP) is 4.06. The Kier molecular flexibility index (Phi) is 5.17. The molecule has 4 nitrogen and oxygen atoms in total. The maximum atomic E-state index is 13.8. The van der Waals surface area contributed by atoms with Crippen LogP contribution in [0.3, 0.4) is 0 Å². The minimum Gasteiger partial charge on any atom is -0.365 e. The number of carbonyl (C=O) groups is 1. The number of rotatable bonds is 4. The number of nitrogens with one attached hydrogen (secondary N) is 2. The summed E-state index contributed by atoms with van der Waals surface area (Å²) in [5.41, 5.74) is 0.482. The van der Waals surface area contributed by atoms with Crippen LogP contribution in [0.4, 0.5) is 20.3 Å². The highest BCUT2D eigenvalue weighted by Crippen LogP contribution is 2.21. The maximum Gasteiger partial charge on any atom is 0.229 e. The van der Waals surface area contributed by atoms with E-state index in [4.69, 9.17) is 0 Å². The van der Waals surface area contributed by atoms with Gasteiger partial charge < -0.3 is 10.6 Å². The summed E-state index contributed by atoms with van der Waals surface area (Å²) in [7, 11) is 0. The molecule has 0 spiro atoms. The molecular formula is C18H21F2N3O. The number of benzene rings is 1. The van der Waals surface area contributed by atoms with E-state index in [1.54, 1.807) is 18.3 Å². The molecule has 24 heavy (non-hydrogen) atoms. The van der Waals surface area contributed by atoms with Crippen LogP contribution in [0.25, 0.3) is 0 Å². The lowest BCUT2D eigenvalue weighted by atomic mass is 10.1. The van der Waals surface area contributed by atoms with Gasteiger partial charge in [-0.15, -0.1) is 0 Å². The van der Waals surface area contributed by atoms with Crippen LogP contribution in [-0.4, -0.2) is 16.4 Å². The summed E-state index contributed by atoms with van der Waals surface area (Å²) in [6.07, 6.45) is 1.63. The molecular weight excluding hydrogens is 312 g/mol. The second kappa shape index (κ2) is 6.95. The number of aromatic nitrogens is 1. The van der Waals surface area contributed by atoms with E-state index >= 15 is 0 Å². The summed E-state index contributed by atoms with van der Waals surface area (Å²) >= 11 is 0. The minimum absolute atomic E-state index is 0.00118. The van der Waals surface area contributed by atoms with Gasteiger partial charge in [-0.05, 0) is 45.4 Å². The molecule has 0 radical (unpaired) electrons. The number of hydrogen-bond acceptors (Lipinski definition) is 3. The van der Waals surface area contributed by atoms with Crippen molar-refractivity contribution in [3.05, 3.63) is 53.2 Å². The molecule has 1 aromatic heterocycles.